The van der Waals surface area contributed by atoms with Crippen LogP contribution < -0.4 is 5.73 Å². The number of hydrogen-bond acceptors (Lipinski definition) is 4. The van der Waals surface area contributed by atoms with Gasteiger partial charge in [-0.1, -0.05) is 0 Å². The van der Waals surface area contributed by atoms with Gasteiger partial charge in [0, 0.05) is 31.7 Å². The zero-order chi connectivity index (χ0) is 16.0. The number of rotatable bonds is 4. The largest absolute Gasteiger partial charge is 0.444 e. The van der Waals surface area contributed by atoms with Crippen LogP contribution in [-0.2, 0) is 4.74 Å². The molecule has 0 aromatic heterocycles. The first-order chi connectivity index (χ1) is 10.2. The molecule has 2 aliphatic carbocycles. The maximum absolute atomic E-state index is 12.1. The summed E-state index contributed by atoms with van der Waals surface area (Å²) in [4.78, 5) is 16.4. The van der Waals surface area contributed by atoms with E-state index in [1.165, 1.54) is 32.1 Å². The predicted octanol–water partition coefficient (Wildman–Crippen LogP) is 2.20. The highest BCUT2D eigenvalue weighted by Crippen LogP contribution is 2.64. The third-order valence-electron chi connectivity index (χ3n) is 5.63. The minimum Gasteiger partial charge on any atom is -0.444 e. The Morgan fingerprint density at radius 2 is 1.68 bits per heavy atom. The third-order valence-corrected chi connectivity index (χ3v) is 5.63. The van der Waals surface area contributed by atoms with Crippen molar-refractivity contribution in [2.75, 3.05) is 32.7 Å². The van der Waals surface area contributed by atoms with Gasteiger partial charge in [-0.2, -0.15) is 0 Å². The summed E-state index contributed by atoms with van der Waals surface area (Å²) in [7, 11) is 0. The zero-order valence-corrected chi connectivity index (χ0v) is 14.4. The lowest BCUT2D eigenvalue weighted by Crippen LogP contribution is -2.50. The molecule has 2 saturated carbocycles. The van der Waals surface area contributed by atoms with Gasteiger partial charge in [0.15, 0.2) is 0 Å². The summed E-state index contributed by atoms with van der Waals surface area (Å²) in [5.74, 6) is 0. The van der Waals surface area contributed by atoms with E-state index in [1.807, 2.05) is 25.7 Å². The average molecular weight is 309 g/mol. The summed E-state index contributed by atoms with van der Waals surface area (Å²) < 4.78 is 5.44. The van der Waals surface area contributed by atoms with Crippen molar-refractivity contribution < 1.29 is 9.53 Å². The Labute approximate surface area is 134 Å². The first-order valence-electron chi connectivity index (χ1n) is 8.72. The van der Waals surface area contributed by atoms with Gasteiger partial charge < -0.3 is 15.4 Å². The lowest BCUT2D eigenvalue weighted by atomic mass is 9.90. The maximum Gasteiger partial charge on any atom is 0.410 e. The van der Waals surface area contributed by atoms with E-state index in [9.17, 15) is 4.79 Å². The molecule has 126 valence electrons. The number of piperazine rings is 1. The molecule has 0 unspecified atom stereocenters. The van der Waals surface area contributed by atoms with Gasteiger partial charge in [-0.3, -0.25) is 4.90 Å². The summed E-state index contributed by atoms with van der Waals surface area (Å²) in [5, 5.41) is 0. The number of carbonyl (C=O) groups excluding carboxylic acids is 1. The number of nitrogens with zero attached hydrogens (tertiary/aromatic N) is 2. The SMILES string of the molecule is CC(C)(C)OC(=O)N1CCN(CCC2(C3(N)CC3)CC2)CC1. The normalized spacial score (nSPS) is 26.6. The molecule has 0 radical (unpaired) electrons. The molecule has 2 N–H and O–H groups in total. The lowest BCUT2D eigenvalue weighted by Gasteiger charge is -2.36. The molecule has 22 heavy (non-hydrogen) atoms. The van der Waals surface area contributed by atoms with E-state index in [4.69, 9.17) is 10.5 Å². The quantitative estimate of drug-likeness (QED) is 0.865. The molecule has 0 aromatic rings. The summed E-state index contributed by atoms with van der Waals surface area (Å²) in [6, 6.07) is 0. The molecular formula is C17H31N3O2. The first kappa shape index (κ1) is 16.1. The molecular weight excluding hydrogens is 278 g/mol. The molecule has 0 spiro atoms. The second kappa shape index (κ2) is 5.38. The van der Waals surface area contributed by atoms with Crippen molar-refractivity contribution in [3.8, 4) is 0 Å². The van der Waals surface area contributed by atoms with E-state index in [0.717, 1.165) is 32.7 Å². The summed E-state index contributed by atoms with van der Waals surface area (Å²) in [6.07, 6.45) is 6.14. The topological polar surface area (TPSA) is 58.8 Å². The zero-order valence-electron chi connectivity index (χ0n) is 14.4. The fraction of sp³-hybridized carbons (Fsp3) is 0.941. The number of nitrogens with two attached hydrogens (primary N) is 1. The molecule has 0 bridgehead atoms. The van der Waals surface area contributed by atoms with Crippen LogP contribution in [-0.4, -0.2) is 59.8 Å². The highest BCUT2D eigenvalue weighted by Gasteiger charge is 2.62. The smallest absolute Gasteiger partial charge is 0.410 e. The van der Waals surface area contributed by atoms with Crippen LogP contribution in [0.15, 0.2) is 0 Å². The Kier molecular flexibility index (Phi) is 3.92. The van der Waals surface area contributed by atoms with E-state index in [-0.39, 0.29) is 11.6 Å². The van der Waals surface area contributed by atoms with Crippen LogP contribution in [0.25, 0.3) is 0 Å². The molecule has 3 rings (SSSR count). The first-order valence-corrected chi connectivity index (χ1v) is 8.72. The van der Waals surface area contributed by atoms with Crippen molar-refractivity contribution in [2.45, 2.75) is 64.0 Å². The Morgan fingerprint density at radius 3 is 2.14 bits per heavy atom. The van der Waals surface area contributed by atoms with Gasteiger partial charge in [-0.05, 0) is 64.8 Å². The van der Waals surface area contributed by atoms with Crippen molar-refractivity contribution in [1.29, 1.82) is 0 Å². The van der Waals surface area contributed by atoms with Gasteiger partial charge in [-0.15, -0.1) is 0 Å². The Balaban J connectivity index is 1.40. The molecule has 3 fully saturated rings. The third kappa shape index (κ3) is 3.40. The molecule has 0 aromatic carbocycles. The van der Waals surface area contributed by atoms with Crippen molar-refractivity contribution in [3.05, 3.63) is 0 Å². The Hall–Kier alpha value is -0.810. The van der Waals surface area contributed by atoms with Gasteiger partial charge in [-0.25, -0.2) is 4.79 Å². The highest BCUT2D eigenvalue weighted by atomic mass is 16.6. The minimum atomic E-state index is -0.410. The van der Waals surface area contributed by atoms with E-state index < -0.39 is 5.60 Å². The molecule has 1 saturated heterocycles. The Morgan fingerprint density at radius 1 is 1.09 bits per heavy atom. The van der Waals surface area contributed by atoms with Crippen LogP contribution in [0.2, 0.25) is 0 Å². The fourth-order valence-electron chi connectivity index (χ4n) is 3.67. The number of ether oxygens (including phenoxy) is 1. The van der Waals surface area contributed by atoms with Gasteiger partial charge in [0.05, 0.1) is 0 Å². The highest BCUT2D eigenvalue weighted by molar-refractivity contribution is 5.68. The van der Waals surface area contributed by atoms with Crippen molar-refractivity contribution >= 4 is 6.09 Å². The summed E-state index contributed by atoms with van der Waals surface area (Å²) in [6.45, 7) is 10.3. The van der Waals surface area contributed by atoms with Gasteiger partial charge in [0.1, 0.15) is 5.60 Å². The maximum atomic E-state index is 12.1. The average Bonchev–Trinajstić information content (AvgIpc) is 3.32. The van der Waals surface area contributed by atoms with Crippen LogP contribution >= 0.6 is 0 Å². The van der Waals surface area contributed by atoms with Crippen LogP contribution in [0.3, 0.4) is 0 Å². The van der Waals surface area contributed by atoms with E-state index in [2.05, 4.69) is 4.90 Å². The number of hydrogen-bond donors (Lipinski definition) is 1. The molecule has 1 aliphatic heterocycles. The van der Waals surface area contributed by atoms with Gasteiger partial charge in [0.2, 0.25) is 0 Å². The summed E-state index contributed by atoms with van der Waals surface area (Å²) in [5.41, 5.74) is 6.65. The standard InChI is InChI=1S/C17H31N3O2/c1-15(2,3)22-14(21)20-12-10-19(11-13-20)9-8-16(4-5-16)17(18)6-7-17/h4-13,18H2,1-3H3. The molecule has 5 heteroatoms. The van der Waals surface area contributed by atoms with Gasteiger partial charge >= 0.3 is 6.09 Å². The monoisotopic (exact) mass is 309 g/mol. The van der Waals surface area contributed by atoms with Crippen molar-refractivity contribution in [2.24, 2.45) is 11.1 Å². The van der Waals surface area contributed by atoms with E-state index >= 15 is 0 Å². The van der Waals surface area contributed by atoms with Crippen LogP contribution in [0, 0.1) is 5.41 Å². The molecule has 3 aliphatic rings. The molecule has 1 heterocycles. The molecule has 5 nitrogen and oxygen atoms in total. The molecule has 1 amide bonds. The van der Waals surface area contributed by atoms with Gasteiger partial charge in [0.25, 0.3) is 0 Å². The second-order valence-electron chi connectivity index (χ2n) is 8.50. The van der Waals surface area contributed by atoms with E-state index in [1.54, 1.807) is 0 Å². The number of amides is 1. The fourth-order valence-corrected chi connectivity index (χ4v) is 3.67. The van der Waals surface area contributed by atoms with Crippen molar-refractivity contribution in [3.63, 3.8) is 0 Å². The van der Waals surface area contributed by atoms with Crippen LogP contribution in [0.5, 0.6) is 0 Å². The van der Waals surface area contributed by atoms with Crippen LogP contribution in [0.4, 0.5) is 4.79 Å². The Bertz CT molecular complexity index is 428. The summed E-state index contributed by atoms with van der Waals surface area (Å²) >= 11 is 0. The second-order valence-corrected chi connectivity index (χ2v) is 8.50. The van der Waals surface area contributed by atoms with Crippen molar-refractivity contribution in [1.82, 2.24) is 9.80 Å². The minimum absolute atomic E-state index is 0.172. The predicted molar refractivity (Wildman–Crippen MR) is 86.7 cm³/mol. The number of carbonyl (C=O) groups is 1. The molecule has 0 atom stereocenters. The van der Waals surface area contributed by atoms with E-state index in [0.29, 0.717) is 5.41 Å². The lowest BCUT2D eigenvalue weighted by molar-refractivity contribution is 0.0139. The van der Waals surface area contributed by atoms with Crippen LogP contribution in [0.1, 0.15) is 52.9 Å².